The Morgan fingerprint density at radius 3 is 2.53 bits per heavy atom. The zero-order valence-corrected chi connectivity index (χ0v) is 9.42. The van der Waals surface area contributed by atoms with E-state index in [4.69, 9.17) is 4.55 Å². The van der Waals surface area contributed by atoms with Crippen molar-refractivity contribution in [3.8, 4) is 0 Å². The van der Waals surface area contributed by atoms with E-state index in [1.165, 1.54) is 19.3 Å². The lowest BCUT2D eigenvalue weighted by molar-refractivity contribution is 0.230. The largest absolute Gasteiger partial charge is 0.285 e. The third kappa shape index (κ3) is 2.91. The van der Waals surface area contributed by atoms with Crippen molar-refractivity contribution >= 4 is 10.1 Å². The van der Waals surface area contributed by atoms with Gasteiger partial charge >= 0.3 is 0 Å². The molecule has 0 aromatic carbocycles. The highest BCUT2D eigenvalue weighted by Gasteiger charge is 2.40. The van der Waals surface area contributed by atoms with Crippen LogP contribution in [0.5, 0.6) is 0 Å². The maximum atomic E-state index is 13.3. The molecule has 2 fully saturated rings. The number of fused-ring (bicyclic) bond motifs is 2. The molecule has 88 valence electrons. The van der Waals surface area contributed by atoms with Gasteiger partial charge in [-0.15, -0.1) is 0 Å². The van der Waals surface area contributed by atoms with Gasteiger partial charge in [0.15, 0.2) is 0 Å². The van der Waals surface area contributed by atoms with Crippen LogP contribution in [0.1, 0.15) is 32.1 Å². The molecule has 0 saturated heterocycles. The lowest BCUT2D eigenvalue weighted by Crippen LogP contribution is -2.22. The molecule has 2 rings (SSSR count). The Labute approximate surface area is 89.8 Å². The average molecular weight is 236 g/mol. The van der Waals surface area contributed by atoms with Crippen LogP contribution in [0.25, 0.3) is 0 Å². The summed E-state index contributed by atoms with van der Waals surface area (Å²) in [5.74, 6) is 0.967. The second kappa shape index (κ2) is 4.01. The molecular formula is C10H17FO3S. The predicted octanol–water partition coefficient (Wildman–Crippen LogP) is 2.04. The lowest BCUT2D eigenvalue weighted by Gasteiger charge is -2.22. The summed E-state index contributed by atoms with van der Waals surface area (Å²) in [7, 11) is -4.15. The van der Waals surface area contributed by atoms with Crippen LogP contribution in [0, 0.1) is 17.8 Å². The second-order valence-corrected chi connectivity index (χ2v) is 6.51. The van der Waals surface area contributed by atoms with Crippen molar-refractivity contribution in [1.29, 1.82) is 0 Å². The minimum absolute atomic E-state index is 0.307. The van der Waals surface area contributed by atoms with Crippen molar-refractivity contribution < 1.29 is 17.4 Å². The average Bonchev–Trinajstić information content (AvgIpc) is 2.60. The van der Waals surface area contributed by atoms with Crippen molar-refractivity contribution in [3.05, 3.63) is 0 Å². The SMILES string of the molecule is O=S(=O)(O)CC(F)CC1CC2CCC1C2. The summed E-state index contributed by atoms with van der Waals surface area (Å²) < 4.78 is 42.8. The van der Waals surface area contributed by atoms with Crippen LogP contribution in [-0.4, -0.2) is 24.9 Å². The van der Waals surface area contributed by atoms with Gasteiger partial charge in [0.1, 0.15) is 11.9 Å². The Hall–Kier alpha value is -0.160. The van der Waals surface area contributed by atoms with Gasteiger partial charge in [0.25, 0.3) is 10.1 Å². The Morgan fingerprint density at radius 1 is 1.33 bits per heavy atom. The lowest BCUT2D eigenvalue weighted by atomic mass is 9.85. The first-order valence-electron chi connectivity index (χ1n) is 5.53. The van der Waals surface area contributed by atoms with Crippen molar-refractivity contribution in [2.75, 3.05) is 5.75 Å². The van der Waals surface area contributed by atoms with E-state index < -0.39 is 22.0 Å². The summed E-state index contributed by atoms with van der Waals surface area (Å²) in [4.78, 5) is 0. The number of rotatable bonds is 4. The third-order valence-corrected chi connectivity index (χ3v) is 4.62. The van der Waals surface area contributed by atoms with E-state index in [2.05, 4.69) is 0 Å². The van der Waals surface area contributed by atoms with Gasteiger partial charge in [-0.2, -0.15) is 8.42 Å². The van der Waals surface area contributed by atoms with Gasteiger partial charge in [-0.1, -0.05) is 6.42 Å². The molecule has 2 aliphatic rings. The smallest absolute Gasteiger partial charge is 0.267 e. The molecule has 1 N–H and O–H groups in total. The van der Waals surface area contributed by atoms with Gasteiger partial charge in [-0.05, 0) is 43.4 Å². The summed E-state index contributed by atoms with van der Waals surface area (Å²) in [5.41, 5.74) is 0. The Morgan fingerprint density at radius 2 is 2.07 bits per heavy atom. The molecule has 3 nitrogen and oxygen atoms in total. The summed E-state index contributed by atoms with van der Waals surface area (Å²) >= 11 is 0. The fraction of sp³-hybridized carbons (Fsp3) is 1.00. The molecule has 15 heavy (non-hydrogen) atoms. The number of alkyl halides is 1. The van der Waals surface area contributed by atoms with Crippen LogP contribution < -0.4 is 0 Å². The first-order chi connectivity index (χ1) is 6.94. The Kier molecular flexibility index (Phi) is 3.03. The summed E-state index contributed by atoms with van der Waals surface area (Å²) in [6.45, 7) is 0. The monoisotopic (exact) mass is 236 g/mol. The molecule has 0 spiro atoms. The number of halogens is 1. The van der Waals surface area contributed by atoms with E-state index in [1.54, 1.807) is 0 Å². The van der Waals surface area contributed by atoms with Gasteiger partial charge in [0.2, 0.25) is 0 Å². The zero-order valence-electron chi connectivity index (χ0n) is 8.60. The van der Waals surface area contributed by atoms with Crippen LogP contribution in [-0.2, 0) is 10.1 Å². The maximum absolute atomic E-state index is 13.3. The van der Waals surface area contributed by atoms with Gasteiger partial charge in [0, 0.05) is 0 Å². The number of hydrogen-bond acceptors (Lipinski definition) is 2. The molecule has 4 atom stereocenters. The molecule has 0 amide bonds. The standard InChI is InChI=1S/C10H17FO3S/c11-10(6-15(12,13)14)5-9-4-7-1-2-8(9)3-7/h7-10H,1-6H2,(H,12,13,14). The fourth-order valence-corrected chi connectivity index (χ4v) is 3.88. The van der Waals surface area contributed by atoms with Crippen molar-refractivity contribution in [2.45, 2.75) is 38.3 Å². The van der Waals surface area contributed by atoms with Crippen LogP contribution in [0.15, 0.2) is 0 Å². The van der Waals surface area contributed by atoms with E-state index in [1.807, 2.05) is 0 Å². The molecule has 0 aliphatic heterocycles. The minimum atomic E-state index is -4.15. The highest BCUT2D eigenvalue weighted by molar-refractivity contribution is 7.85. The quantitative estimate of drug-likeness (QED) is 0.760. The van der Waals surface area contributed by atoms with Crippen LogP contribution in [0.4, 0.5) is 4.39 Å². The molecular weight excluding hydrogens is 219 g/mol. The maximum Gasteiger partial charge on any atom is 0.267 e. The molecule has 0 radical (unpaired) electrons. The van der Waals surface area contributed by atoms with E-state index in [0.717, 1.165) is 12.3 Å². The minimum Gasteiger partial charge on any atom is -0.285 e. The molecule has 0 aromatic heterocycles. The summed E-state index contributed by atoms with van der Waals surface area (Å²) in [6, 6.07) is 0. The molecule has 2 bridgehead atoms. The second-order valence-electron chi connectivity index (χ2n) is 5.02. The van der Waals surface area contributed by atoms with Gasteiger partial charge in [0.05, 0.1) is 0 Å². The van der Waals surface area contributed by atoms with Gasteiger partial charge < -0.3 is 0 Å². The molecule has 2 aliphatic carbocycles. The predicted molar refractivity (Wildman–Crippen MR) is 54.9 cm³/mol. The molecule has 0 aromatic rings. The van der Waals surface area contributed by atoms with Crippen LogP contribution in [0.2, 0.25) is 0 Å². The Bertz CT molecular complexity index is 328. The van der Waals surface area contributed by atoms with Crippen molar-refractivity contribution in [2.24, 2.45) is 17.8 Å². The van der Waals surface area contributed by atoms with E-state index in [-0.39, 0.29) is 0 Å². The molecule has 2 saturated carbocycles. The first kappa shape index (κ1) is 11.3. The zero-order chi connectivity index (χ0) is 11.1. The Balaban J connectivity index is 1.82. The van der Waals surface area contributed by atoms with Crippen molar-refractivity contribution in [3.63, 3.8) is 0 Å². The van der Waals surface area contributed by atoms with Crippen molar-refractivity contribution in [1.82, 2.24) is 0 Å². The topological polar surface area (TPSA) is 54.4 Å². The molecule has 4 unspecified atom stereocenters. The fourth-order valence-electron chi connectivity index (χ4n) is 3.29. The highest BCUT2D eigenvalue weighted by atomic mass is 32.2. The molecule has 0 heterocycles. The molecule has 5 heteroatoms. The van der Waals surface area contributed by atoms with Gasteiger partial charge in [-0.3, -0.25) is 4.55 Å². The van der Waals surface area contributed by atoms with Crippen LogP contribution >= 0.6 is 0 Å². The normalized spacial score (nSPS) is 37.1. The van der Waals surface area contributed by atoms with E-state index >= 15 is 0 Å². The highest BCUT2D eigenvalue weighted by Crippen LogP contribution is 2.50. The third-order valence-electron chi connectivity index (χ3n) is 3.83. The van der Waals surface area contributed by atoms with Crippen LogP contribution in [0.3, 0.4) is 0 Å². The van der Waals surface area contributed by atoms with Gasteiger partial charge in [-0.25, -0.2) is 4.39 Å². The van der Waals surface area contributed by atoms with E-state index in [9.17, 15) is 12.8 Å². The summed E-state index contributed by atoms with van der Waals surface area (Å²) in [6.07, 6.45) is 3.59. The first-order valence-corrected chi connectivity index (χ1v) is 7.14. The number of hydrogen-bond donors (Lipinski definition) is 1. The van der Waals surface area contributed by atoms with E-state index in [0.29, 0.717) is 18.3 Å². The summed E-state index contributed by atoms with van der Waals surface area (Å²) in [5, 5.41) is 0.